The van der Waals surface area contributed by atoms with E-state index in [9.17, 15) is 23.9 Å². The molecule has 2 aliphatic rings. The van der Waals surface area contributed by atoms with Crippen molar-refractivity contribution >= 4 is 81.2 Å². The monoisotopic (exact) mass is 655 g/mol. The van der Waals surface area contributed by atoms with Gasteiger partial charge in [-0.05, 0) is 13.0 Å². The maximum Gasteiger partial charge on any atom is 0.353 e. The van der Waals surface area contributed by atoms with Gasteiger partial charge in [0.15, 0.2) is 16.8 Å². The summed E-state index contributed by atoms with van der Waals surface area (Å²) in [6.07, 6.45) is 3.26. The van der Waals surface area contributed by atoms with Gasteiger partial charge in [-0.1, -0.05) is 16.9 Å². The number of aliphatic carboxylic acids is 1. The number of thioether (sulfide) groups is 3. The number of oxime groups is 1. The average Bonchev–Trinajstić information content (AvgIpc) is 3.38. The van der Waals surface area contributed by atoms with Gasteiger partial charge in [0, 0.05) is 44.0 Å². The normalized spacial score (nSPS) is 19.0. The molecule has 2 aromatic heterocycles. The van der Waals surface area contributed by atoms with E-state index in [1.807, 2.05) is 6.92 Å². The number of pyridine rings is 1. The molecule has 1 saturated heterocycles. The van der Waals surface area contributed by atoms with Gasteiger partial charge in [0.1, 0.15) is 36.1 Å². The quantitative estimate of drug-likeness (QED) is 0.0509. The number of aliphatic imine (C=N–C) groups is 1. The second-order valence-electron chi connectivity index (χ2n) is 8.61. The van der Waals surface area contributed by atoms with E-state index in [-0.39, 0.29) is 46.6 Å². The van der Waals surface area contributed by atoms with Crippen LogP contribution in [0, 0.1) is 0 Å². The number of carbonyl (C=O) groups excluding carboxylic acids is 2. The number of hydrogen-bond donors (Lipinski definition) is 5. The number of carbonyl (C=O) groups is 3. The van der Waals surface area contributed by atoms with Crippen molar-refractivity contribution in [1.29, 1.82) is 0 Å². The number of halogens is 1. The van der Waals surface area contributed by atoms with Gasteiger partial charge in [0.05, 0.1) is 6.04 Å². The highest BCUT2D eigenvalue weighted by atomic mass is 32.2. The van der Waals surface area contributed by atoms with E-state index in [1.54, 1.807) is 18.5 Å². The summed E-state index contributed by atoms with van der Waals surface area (Å²) in [7, 11) is 0. The Balaban J connectivity index is 1.51. The molecule has 42 heavy (non-hydrogen) atoms. The number of thiazole rings is 1. The van der Waals surface area contributed by atoms with Gasteiger partial charge in [0.25, 0.3) is 11.8 Å². The van der Waals surface area contributed by atoms with Crippen molar-refractivity contribution in [3.8, 4) is 0 Å². The fraction of sp³-hybridized carbons (Fsp3) is 0.348. The highest BCUT2D eigenvalue weighted by Gasteiger charge is 2.54. The molecule has 1 unspecified atom stereocenters. The highest BCUT2D eigenvalue weighted by Crippen LogP contribution is 2.46. The molecule has 0 aromatic carbocycles. The number of aromatic nitrogens is 2. The van der Waals surface area contributed by atoms with Crippen LogP contribution in [0.5, 0.6) is 0 Å². The Kier molecular flexibility index (Phi) is 10.5. The number of β-lactam (4-membered cyclic amide) rings is 1. The van der Waals surface area contributed by atoms with E-state index in [1.165, 1.54) is 40.7 Å². The van der Waals surface area contributed by atoms with E-state index >= 15 is 0 Å². The standard InChI is InChI=1S/C23H26FN9O5S4/c1-10(29-22(25)26)7-39-13-6-28-4-2-12(13)42-14-9-40-20-16(19(35)33(20)17(14)21(36)37)31-18(34)15(32-38-5-3-24)11-8-41-23(27)30-11/h2,4,6,8,10,16,20H,3,5,7,9H2,1H3,(H2,27,30)(H,31,34)(H,36,37)(H4,25,26,29)/t10?,16-,20+/m1/s1. The number of carboxylic acids is 1. The topological polar surface area (TPSA) is 225 Å². The molecule has 1 fully saturated rings. The SMILES string of the molecule is CC(CSc1cnccc1SC1=C(C(=O)O)N2C(=O)[C@@H](NC(=O)C(=NOCCF)c3csc(N)n3)[C@@H]2SC1)N=C(N)N. The molecule has 0 saturated carbocycles. The molecule has 0 radical (unpaired) electrons. The van der Waals surface area contributed by atoms with E-state index in [4.69, 9.17) is 22.0 Å². The van der Waals surface area contributed by atoms with Crippen molar-refractivity contribution in [3.63, 3.8) is 0 Å². The number of carboxylic acid groups (broad SMARTS) is 1. The first-order chi connectivity index (χ1) is 20.1. The zero-order chi connectivity index (χ0) is 30.4. The minimum atomic E-state index is -1.27. The molecule has 3 atom stereocenters. The summed E-state index contributed by atoms with van der Waals surface area (Å²) in [6, 6.07) is 0.576. The van der Waals surface area contributed by atoms with Crippen molar-refractivity contribution < 1.29 is 28.7 Å². The summed E-state index contributed by atoms with van der Waals surface area (Å²) in [5, 5.41) is 17.3. The maximum absolute atomic E-state index is 13.2. The molecular formula is C23H26FN9O5S4. The molecule has 224 valence electrons. The van der Waals surface area contributed by atoms with Gasteiger partial charge in [-0.25, -0.2) is 19.2 Å². The van der Waals surface area contributed by atoms with Crippen LogP contribution in [-0.2, 0) is 19.2 Å². The van der Waals surface area contributed by atoms with Gasteiger partial charge in [-0.3, -0.25) is 19.5 Å². The third-order valence-corrected chi connectivity index (χ3v) is 10.3. The van der Waals surface area contributed by atoms with Gasteiger partial charge in [0.2, 0.25) is 0 Å². The number of alkyl halides is 1. The Morgan fingerprint density at radius 3 is 2.83 bits per heavy atom. The number of nitrogens with zero attached hydrogens (tertiary/aromatic N) is 5. The van der Waals surface area contributed by atoms with E-state index in [0.717, 1.165) is 26.0 Å². The number of hydrogen-bond acceptors (Lipinski definition) is 13. The smallest absolute Gasteiger partial charge is 0.353 e. The van der Waals surface area contributed by atoms with Crippen LogP contribution in [0.1, 0.15) is 12.6 Å². The third-order valence-electron chi connectivity index (χ3n) is 5.56. The molecule has 0 bridgehead atoms. The lowest BCUT2D eigenvalue weighted by molar-refractivity contribution is -0.150. The second kappa shape index (κ2) is 14.1. The van der Waals surface area contributed by atoms with Crippen LogP contribution in [-0.4, -0.2) is 91.7 Å². The molecule has 14 nitrogen and oxygen atoms in total. The molecule has 19 heteroatoms. The first-order valence-electron chi connectivity index (χ1n) is 12.1. The molecule has 4 rings (SSSR count). The van der Waals surface area contributed by atoms with Gasteiger partial charge in [-0.15, -0.1) is 34.9 Å². The molecule has 2 aromatic rings. The molecule has 8 N–H and O–H groups in total. The van der Waals surface area contributed by atoms with Crippen LogP contribution in [0.4, 0.5) is 9.52 Å². The fourth-order valence-corrected chi connectivity index (χ4v) is 7.97. The Labute approximate surface area is 255 Å². The minimum absolute atomic E-state index is 0.0101. The Bertz CT molecular complexity index is 1450. The molecule has 2 aliphatic heterocycles. The predicted molar refractivity (Wildman–Crippen MR) is 161 cm³/mol. The molecule has 4 heterocycles. The maximum atomic E-state index is 13.2. The van der Waals surface area contributed by atoms with E-state index in [0.29, 0.717) is 10.7 Å². The van der Waals surface area contributed by atoms with E-state index in [2.05, 4.69) is 25.4 Å². The number of anilines is 1. The number of rotatable bonds is 13. The van der Waals surface area contributed by atoms with Gasteiger partial charge >= 0.3 is 5.97 Å². The summed E-state index contributed by atoms with van der Waals surface area (Å²) in [5.74, 6) is -1.86. The van der Waals surface area contributed by atoms with Crippen molar-refractivity contribution in [3.05, 3.63) is 40.1 Å². The fourth-order valence-electron chi connectivity index (χ4n) is 3.82. The summed E-state index contributed by atoms with van der Waals surface area (Å²) >= 11 is 5.06. The van der Waals surface area contributed by atoms with Crippen LogP contribution in [0.3, 0.4) is 0 Å². The van der Waals surface area contributed by atoms with Crippen LogP contribution in [0.2, 0.25) is 0 Å². The highest BCUT2D eigenvalue weighted by molar-refractivity contribution is 8.07. The first kappa shape index (κ1) is 31.4. The van der Waals surface area contributed by atoms with Crippen molar-refractivity contribution in [2.75, 3.05) is 30.5 Å². The van der Waals surface area contributed by atoms with Crippen LogP contribution in [0.15, 0.2) is 54.4 Å². The van der Waals surface area contributed by atoms with Crippen molar-refractivity contribution in [2.24, 2.45) is 21.6 Å². The van der Waals surface area contributed by atoms with Gasteiger partial charge in [-0.2, -0.15) is 0 Å². The number of nitrogens with two attached hydrogens (primary N) is 3. The number of amides is 2. The number of fused-ring (bicyclic) bond motifs is 1. The summed E-state index contributed by atoms with van der Waals surface area (Å²) < 4.78 is 12.5. The lowest BCUT2D eigenvalue weighted by Crippen LogP contribution is -2.71. The Morgan fingerprint density at radius 1 is 1.38 bits per heavy atom. The number of guanidine groups is 1. The number of nitrogen functional groups attached to an aromatic ring is 1. The lowest BCUT2D eigenvalue weighted by Gasteiger charge is -2.49. The van der Waals surface area contributed by atoms with E-state index < -0.39 is 35.9 Å². The second-order valence-corrected chi connectivity index (χ2v) is 12.8. The molecule has 0 spiro atoms. The lowest BCUT2D eigenvalue weighted by atomic mass is 10.0. The third kappa shape index (κ3) is 7.26. The first-order valence-corrected chi connectivity index (χ1v) is 15.9. The Hall–Kier alpha value is -3.55. The summed E-state index contributed by atoms with van der Waals surface area (Å²) in [5.41, 5.74) is 16.2. The molecule has 2 amide bonds. The summed E-state index contributed by atoms with van der Waals surface area (Å²) in [6.45, 7) is 0.654. The van der Waals surface area contributed by atoms with Crippen LogP contribution < -0.4 is 22.5 Å². The zero-order valence-corrected chi connectivity index (χ0v) is 25.2. The predicted octanol–water partition coefficient (Wildman–Crippen LogP) is 1.05. The summed E-state index contributed by atoms with van der Waals surface area (Å²) in [4.78, 5) is 58.9. The molecular weight excluding hydrogens is 630 g/mol. The average molecular weight is 656 g/mol. The van der Waals surface area contributed by atoms with Crippen LogP contribution >= 0.6 is 46.6 Å². The minimum Gasteiger partial charge on any atom is -0.477 e. The largest absolute Gasteiger partial charge is 0.477 e. The van der Waals surface area contributed by atoms with Gasteiger partial charge < -0.3 is 32.5 Å². The Morgan fingerprint density at radius 2 is 2.17 bits per heavy atom. The van der Waals surface area contributed by atoms with Crippen molar-refractivity contribution in [1.82, 2.24) is 20.2 Å². The molecule has 0 aliphatic carbocycles. The van der Waals surface area contributed by atoms with Crippen LogP contribution in [0.25, 0.3) is 0 Å². The zero-order valence-electron chi connectivity index (χ0n) is 21.9. The number of nitrogens with one attached hydrogen (secondary N) is 1. The van der Waals surface area contributed by atoms with Crippen molar-refractivity contribution in [2.45, 2.75) is 34.2 Å².